The molecule has 2 aromatic rings. The molecule has 0 radical (unpaired) electrons. The molecule has 0 unspecified atom stereocenters. The van der Waals surface area contributed by atoms with Gasteiger partial charge in [-0.1, -0.05) is 29.8 Å². The van der Waals surface area contributed by atoms with Gasteiger partial charge in [0, 0.05) is 0 Å². The molecule has 0 aliphatic rings. The Hall–Kier alpha value is -1.67. The van der Waals surface area contributed by atoms with Crippen LogP contribution in [-0.2, 0) is 0 Å². The van der Waals surface area contributed by atoms with Crippen molar-refractivity contribution in [3.05, 3.63) is 57.6 Å². The largest absolute Gasteiger partial charge is 0.508 e. The average Bonchev–Trinajstić information content (AvgIpc) is 2.39. The zero-order valence-electron chi connectivity index (χ0n) is 11.7. The summed E-state index contributed by atoms with van der Waals surface area (Å²) >= 11 is 5.64. The van der Waals surface area contributed by atoms with Gasteiger partial charge in [0.05, 0.1) is 5.02 Å². The molecule has 2 aromatic carbocycles. The Morgan fingerprint density at radius 1 is 0.789 bits per heavy atom. The molecule has 0 saturated heterocycles. The summed E-state index contributed by atoms with van der Waals surface area (Å²) in [5.41, 5.74) is 4.02. The maximum atomic E-state index is 9.26. The maximum absolute atomic E-state index is 9.26. The number of hydrogen-bond acceptors (Lipinski definition) is 2. The third-order valence-electron chi connectivity index (χ3n) is 3.23. The standard InChI is InChI=1S/C8H9ClO.C8H10O/c1-5-3-4-7(9)8(10)6(5)2;1-6-4-3-5-8(9)7(6)2/h3-4,10H,1-2H3;3-5,9H,1-2H3. The molecule has 0 saturated carbocycles. The molecule has 102 valence electrons. The topological polar surface area (TPSA) is 40.5 Å². The fraction of sp³-hybridized carbons (Fsp3) is 0.250. The van der Waals surface area contributed by atoms with Gasteiger partial charge in [-0.05, 0) is 62.1 Å². The number of hydrogen-bond donors (Lipinski definition) is 2. The average molecular weight is 279 g/mol. The lowest BCUT2D eigenvalue weighted by Gasteiger charge is -2.02. The summed E-state index contributed by atoms with van der Waals surface area (Å²) in [5.74, 6) is 0.580. The lowest BCUT2D eigenvalue weighted by Crippen LogP contribution is -1.80. The highest BCUT2D eigenvalue weighted by Gasteiger charge is 2.02. The van der Waals surface area contributed by atoms with E-state index < -0.39 is 0 Å². The monoisotopic (exact) mass is 278 g/mol. The lowest BCUT2D eigenvalue weighted by atomic mass is 10.1. The van der Waals surface area contributed by atoms with Crippen molar-refractivity contribution in [2.24, 2.45) is 0 Å². The highest BCUT2D eigenvalue weighted by Crippen LogP contribution is 2.28. The Kier molecular flexibility index (Phi) is 5.25. The van der Waals surface area contributed by atoms with Crippen LogP contribution in [0.25, 0.3) is 0 Å². The Morgan fingerprint density at radius 2 is 1.37 bits per heavy atom. The number of aryl methyl sites for hydroxylation is 2. The zero-order valence-corrected chi connectivity index (χ0v) is 12.4. The Labute approximate surface area is 119 Å². The van der Waals surface area contributed by atoms with Gasteiger partial charge >= 0.3 is 0 Å². The van der Waals surface area contributed by atoms with E-state index >= 15 is 0 Å². The van der Waals surface area contributed by atoms with Gasteiger partial charge in [0.1, 0.15) is 11.5 Å². The number of rotatable bonds is 0. The minimum atomic E-state index is 0.196. The molecule has 2 nitrogen and oxygen atoms in total. The van der Waals surface area contributed by atoms with Gasteiger partial charge in [-0.2, -0.15) is 0 Å². The second-order valence-corrected chi connectivity index (χ2v) is 4.96. The Morgan fingerprint density at radius 3 is 1.84 bits per heavy atom. The predicted molar refractivity (Wildman–Crippen MR) is 80.2 cm³/mol. The summed E-state index contributed by atoms with van der Waals surface area (Å²) in [6.07, 6.45) is 0. The van der Waals surface area contributed by atoms with E-state index in [1.54, 1.807) is 12.1 Å². The van der Waals surface area contributed by atoms with Crippen LogP contribution in [-0.4, -0.2) is 10.2 Å². The number of benzene rings is 2. The molecule has 0 aliphatic heterocycles. The van der Waals surface area contributed by atoms with Crippen LogP contribution < -0.4 is 0 Å². The van der Waals surface area contributed by atoms with Crippen molar-refractivity contribution >= 4 is 11.6 Å². The summed E-state index contributed by atoms with van der Waals surface area (Å²) in [6, 6.07) is 9.10. The van der Waals surface area contributed by atoms with Crippen molar-refractivity contribution in [1.82, 2.24) is 0 Å². The summed E-state index contributed by atoms with van der Waals surface area (Å²) in [5, 5.41) is 18.8. The minimum Gasteiger partial charge on any atom is -0.508 e. The molecule has 19 heavy (non-hydrogen) atoms. The third kappa shape index (κ3) is 3.90. The van der Waals surface area contributed by atoms with Crippen molar-refractivity contribution in [2.45, 2.75) is 27.7 Å². The van der Waals surface area contributed by atoms with E-state index in [1.165, 1.54) is 0 Å². The van der Waals surface area contributed by atoms with E-state index in [0.29, 0.717) is 10.8 Å². The predicted octanol–water partition coefficient (Wildman–Crippen LogP) is 4.67. The van der Waals surface area contributed by atoms with Crippen molar-refractivity contribution in [1.29, 1.82) is 0 Å². The first kappa shape index (κ1) is 15.4. The van der Waals surface area contributed by atoms with E-state index in [1.807, 2.05) is 45.9 Å². The first-order valence-electron chi connectivity index (χ1n) is 6.04. The van der Waals surface area contributed by atoms with Crippen LogP contribution in [0.15, 0.2) is 30.3 Å². The van der Waals surface area contributed by atoms with Crippen LogP contribution in [0.1, 0.15) is 22.3 Å². The summed E-state index contributed by atoms with van der Waals surface area (Å²) in [7, 11) is 0. The van der Waals surface area contributed by atoms with Crippen LogP contribution in [0.3, 0.4) is 0 Å². The molecule has 2 rings (SSSR count). The van der Waals surface area contributed by atoms with Gasteiger partial charge < -0.3 is 10.2 Å². The summed E-state index contributed by atoms with van der Waals surface area (Å²) in [4.78, 5) is 0. The molecule has 0 amide bonds. The smallest absolute Gasteiger partial charge is 0.137 e. The molecule has 0 atom stereocenters. The van der Waals surface area contributed by atoms with Gasteiger partial charge in [0.25, 0.3) is 0 Å². The van der Waals surface area contributed by atoms with Crippen LogP contribution in [0.5, 0.6) is 11.5 Å². The van der Waals surface area contributed by atoms with E-state index in [4.69, 9.17) is 16.7 Å². The third-order valence-corrected chi connectivity index (χ3v) is 3.53. The maximum Gasteiger partial charge on any atom is 0.137 e. The molecule has 0 spiro atoms. The normalized spacial score (nSPS) is 9.74. The van der Waals surface area contributed by atoms with Crippen LogP contribution >= 0.6 is 11.6 Å². The lowest BCUT2D eigenvalue weighted by molar-refractivity contribution is 0.470. The second-order valence-electron chi connectivity index (χ2n) is 4.56. The molecular weight excluding hydrogens is 260 g/mol. The fourth-order valence-corrected chi connectivity index (χ4v) is 1.71. The molecule has 2 N–H and O–H groups in total. The van der Waals surface area contributed by atoms with E-state index in [9.17, 15) is 5.11 Å². The Bertz CT molecular complexity index is 530. The molecule has 0 aromatic heterocycles. The van der Waals surface area contributed by atoms with Gasteiger partial charge in [0.2, 0.25) is 0 Å². The van der Waals surface area contributed by atoms with Crippen LogP contribution in [0, 0.1) is 27.7 Å². The molecule has 0 fully saturated rings. The summed E-state index contributed by atoms with van der Waals surface area (Å²) < 4.78 is 0. The van der Waals surface area contributed by atoms with Crippen molar-refractivity contribution in [3.63, 3.8) is 0 Å². The number of phenols is 2. The van der Waals surface area contributed by atoms with Crippen molar-refractivity contribution in [2.75, 3.05) is 0 Å². The van der Waals surface area contributed by atoms with Gasteiger partial charge in [-0.25, -0.2) is 0 Å². The highest BCUT2D eigenvalue weighted by molar-refractivity contribution is 6.32. The first-order valence-corrected chi connectivity index (χ1v) is 6.42. The SMILES string of the molecule is Cc1ccc(Cl)c(O)c1C.Cc1cccc(O)c1C. The molecule has 0 bridgehead atoms. The number of halogens is 1. The quantitative estimate of drug-likeness (QED) is 0.735. The van der Waals surface area contributed by atoms with Crippen LogP contribution in [0.2, 0.25) is 5.02 Å². The van der Waals surface area contributed by atoms with Crippen LogP contribution in [0.4, 0.5) is 0 Å². The Balaban J connectivity index is 0.000000191. The molecule has 0 heterocycles. The van der Waals surface area contributed by atoms with E-state index in [-0.39, 0.29) is 5.75 Å². The first-order chi connectivity index (χ1) is 8.84. The molecule has 3 heteroatoms. The molecule has 0 aliphatic carbocycles. The fourth-order valence-electron chi connectivity index (χ4n) is 1.50. The van der Waals surface area contributed by atoms with E-state index in [0.717, 1.165) is 22.3 Å². The number of phenolic OH excluding ortho intramolecular Hbond substituents is 2. The van der Waals surface area contributed by atoms with Crippen molar-refractivity contribution in [3.8, 4) is 11.5 Å². The van der Waals surface area contributed by atoms with Gasteiger partial charge in [0.15, 0.2) is 0 Å². The van der Waals surface area contributed by atoms with Gasteiger partial charge in [-0.3, -0.25) is 0 Å². The van der Waals surface area contributed by atoms with Crippen molar-refractivity contribution < 1.29 is 10.2 Å². The minimum absolute atomic E-state index is 0.196. The molecular formula is C16H19ClO2. The van der Waals surface area contributed by atoms with Gasteiger partial charge in [-0.15, -0.1) is 0 Å². The number of aromatic hydroxyl groups is 2. The highest BCUT2D eigenvalue weighted by atomic mass is 35.5. The second kappa shape index (κ2) is 6.48. The zero-order chi connectivity index (χ0) is 14.6. The van der Waals surface area contributed by atoms with E-state index in [2.05, 4.69) is 0 Å². The summed E-state index contributed by atoms with van der Waals surface area (Å²) in [6.45, 7) is 7.67.